The largest absolute Gasteiger partial charge is 0.481 e. The van der Waals surface area contributed by atoms with Gasteiger partial charge in [0.1, 0.15) is 0 Å². The highest BCUT2D eigenvalue weighted by atomic mass is 16.4. The zero-order valence-corrected chi connectivity index (χ0v) is 15.7. The summed E-state index contributed by atoms with van der Waals surface area (Å²) >= 11 is 0. The fourth-order valence-corrected chi connectivity index (χ4v) is 3.93. The molecule has 0 saturated heterocycles. The van der Waals surface area contributed by atoms with E-state index < -0.39 is 11.9 Å². The molecule has 2 aromatic heterocycles. The van der Waals surface area contributed by atoms with Crippen LogP contribution in [0.15, 0.2) is 91.3 Å². The van der Waals surface area contributed by atoms with Crippen molar-refractivity contribution in [1.29, 1.82) is 0 Å². The van der Waals surface area contributed by atoms with Gasteiger partial charge in [0.2, 0.25) is 0 Å². The van der Waals surface area contributed by atoms with Crippen molar-refractivity contribution in [3.05, 3.63) is 103 Å². The molecule has 1 unspecified atom stereocenters. The average Bonchev–Trinajstić information content (AvgIpc) is 3.38. The van der Waals surface area contributed by atoms with Crippen molar-refractivity contribution in [2.45, 2.75) is 12.3 Å². The van der Waals surface area contributed by atoms with Crippen molar-refractivity contribution < 1.29 is 9.90 Å². The van der Waals surface area contributed by atoms with E-state index in [0.29, 0.717) is 6.42 Å². The first-order valence-corrected chi connectivity index (χ1v) is 9.64. The molecule has 29 heavy (non-hydrogen) atoms. The third-order valence-electron chi connectivity index (χ3n) is 5.46. The summed E-state index contributed by atoms with van der Waals surface area (Å²) in [6.07, 6.45) is 4.28. The van der Waals surface area contributed by atoms with Gasteiger partial charge < -0.3 is 14.7 Å². The highest BCUT2D eigenvalue weighted by molar-refractivity contribution is 5.84. The summed E-state index contributed by atoms with van der Waals surface area (Å²) in [5.74, 6) is -1.43. The molecule has 4 nitrogen and oxygen atoms in total. The van der Waals surface area contributed by atoms with E-state index in [1.165, 1.54) is 5.39 Å². The van der Waals surface area contributed by atoms with Crippen LogP contribution >= 0.6 is 0 Å². The monoisotopic (exact) mass is 380 g/mol. The number of hydrogen-bond donors (Lipinski definition) is 2. The molecule has 5 aromatic rings. The maximum Gasteiger partial charge on any atom is 0.311 e. The molecular formula is C25H20N2O2. The van der Waals surface area contributed by atoms with Gasteiger partial charge in [-0.3, -0.25) is 4.79 Å². The molecule has 0 aliphatic carbocycles. The molecule has 0 amide bonds. The molecule has 0 spiro atoms. The van der Waals surface area contributed by atoms with Crippen molar-refractivity contribution in [1.82, 2.24) is 9.55 Å². The quantitative estimate of drug-likeness (QED) is 0.422. The third kappa shape index (κ3) is 3.29. The van der Waals surface area contributed by atoms with E-state index in [1.54, 1.807) is 0 Å². The number of aromatic nitrogens is 2. The van der Waals surface area contributed by atoms with Crippen LogP contribution in [0.5, 0.6) is 0 Å². The molecule has 2 N–H and O–H groups in total. The van der Waals surface area contributed by atoms with E-state index in [4.69, 9.17) is 0 Å². The lowest BCUT2D eigenvalue weighted by Gasteiger charge is -2.10. The van der Waals surface area contributed by atoms with Crippen molar-refractivity contribution in [2.24, 2.45) is 0 Å². The number of para-hydroxylation sites is 1. The SMILES string of the molecule is O=C(O)C(Cc1cc2ccccc2[nH]1)c1ccn(-c2ccc3ccccc3c2)c1. The molecule has 2 heterocycles. The van der Waals surface area contributed by atoms with Gasteiger partial charge in [-0.15, -0.1) is 0 Å². The Morgan fingerprint density at radius 3 is 2.45 bits per heavy atom. The lowest BCUT2D eigenvalue weighted by Crippen LogP contribution is -2.14. The van der Waals surface area contributed by atoms with E-state index in [0.717, 1.165) is 33.2 Å². The topological polar surface area (TPSA) is 58.0 Å². The zero-order valence-electron chi connectivity index (χ0n) is 15.7. The second-order valence-electron chi connectivity index (χ2n) is 7.36. The second kappa shape index (κ2) is 6.99. The summed E-state index contributed by atoms with van der Waals surface area (Å²) in [7, 11) is 0. The van der Waals surface area contributed by atoms with Gasteiger partial charge in [0.15, 0.2) is 0 Å². The van der Waals surface area contributed by atoms with Gasteiger partial charge in [-0.05, 0) is 52.1 Å². The first kappa shape index (κ1) is 17.3. The number of fused-ring (bicyclic) bond motifs is 2. The van der Waals surface area contributed by atoms with E-state index in [9.17, 15) is 9.90 Å². The molecule has 1 atom stereocenters. The second-order valence-corrected chi connectivity index (χ2v) is 7.36. The maximum atomic E-state index is 12.0. The fourth-order valence-electron chi connectivity index (χ4n) is 3.93. The first-order valence-electron chi connectivity index (χ1n) is 9.64. The number of benzene rings is 3. The summed E-state index contributed by atoms with van der Waals surface area (Å²) in [5.41, 5.74) is 3.77. The van der Waals surface area contributed by atoms with Gasteiger partial charge in [-0.25, -0.2) is 0 Å². The Morgan fingerprint density at radius 2 is 1.66 bits per heavy atom. The number of nitrogens with zero attached hydrogens (tertiary/aromatic N) is 1. The molecule has 4 heteroatoms. The predicted molar refractivity (Wildman–Crippen MR) is 116 cm³/mol. The Bertz CT molecular complexity index is 1300. The van der Waals surface area contributed by atoms with E-state index in [2.05, 4.69) is 35.3 Å². The molecule has 0 aliphatic rings. The molecule has 142 valence electrons. The molecular weight excluding hydrogens is 360 g/mol. The van der Waals surface area contributed by atoms with Gasteiger partial charge in [-0.1, -0.05) is 48.5 Å². The molecule has 0 fully saturated rings. The molecule has 5 rings (SSSR count). The lowest BCUT2D eigenvalue weighted by molar-refractivity contribution is -0.138. The number of hydrogen-bond acceptors (Lipinski definition) is 1. The van der Waals surface area contributed by atoms with Gasteiger partial charge in [0.25, 0.3) is 0 Å². The Morgan fingerprint density at radius 1 is 0.897 bits per heavy atom. The minimum absolute atomic E-state index is 0.422. The highest BCUT2D eigenvalue weighted by Gasteiger charge is 2.22. The lowest BCUT2D eigenvalue weighted by atomic mass is 9.97. The van der Waals surface area contributed by atoms with E-state index >= 15 is 0 Å². The highest BCUT2D eigenvalue weighted by Crippen LogP contribution is 2.26. The van der Waals surface area contributed by atoms with Gasteiger partial charge >= 0.3 is 5.97 Å². The summed E-state index contributed by atoms with van der Waals surface area (Å²) in [6, 6.07) is 26.4. The molecule has 0 bridgehead atoms. The average molecular weight is 380 g/mol. The number of carboxylic acid groups (broad SMARTS) is 1. The smallest absolute Gasteiger partial charge is 0.311 e. The number of carboxylic acids is 1. The number of nitrogens with one attached hydrogen (secondary N) is 1. The number of aromatic amines is 1. The number of H-pyrrole nitrogens is 1. The van der Waals surface area contributed by atoms with Crippen LogP contribution in [0.3, 0.4) is 0 Å². The minimum atomic E-state index is -0.820. The first-order chi connectivity index (χ1) is 14.2. The Balaban J connectivity index is 1.46. The van der Waals surface area contributed by atoms with Crippen LogP contribution in [-0.4, -0.2) is 20.6 Å². The fraction of sp³-hybridized carbons (Fsp3) is 0.0800. The van der Waals surface area contributed by atoms with Crippen molar-refractivity contribution >= 4 is 27.6 Å². The number of aliphatic carboxylic acids is 1. The molecule has 0 aliphatic heterocycles. The Kier molecular flexibility index (Phi) is 4.17. The van der Waals surface area contributed by atoms with E-state index in [1.807, 2.05) is 65.5 Å². The summed E-state index contributed by atoms with van der Waals surface area (Å²) in [6.45, 7) is 0. The molecule has 0 saturated carbocycles. The van der Waals surface area contributed by atoms with Crippen LogP contribution in [0.4, 0.5) is 0 Å². The van der Waals surface area contributed by atoms with Crippen molar-refractivity contribution in [3.63, 3.8) is 0 Å². The van der Waals surface area contributed by atoms with Crippen molar-refractivity contribution in [3.8, 4) is 5.69 Å². The van der Waals surface area contributed by atoms with Crippen LogP contribution in [0.25, 0.3) is 27.4 Å². The van der Waals surface area contributed by atoms with Crippen LogP contribution in [0.1, 0.15) is 17.2 Å². The van der Waals surface area contributed by atoms with E-state index in [-0.39, 0.29) is 0 Å². The normalized spacial score (nSPS) is 12.4. The zero-order chi connectivity index (χ0) is 19.8. The van der Waals surface area contributed by atoms with Crippen LogP contribution in [0.2, 0.25) is 0 Å². The predicted octanol–water partition coefficient (Wildman–Crippen LogP) is 5.52. The van der Waals surface area contributed by atoms with Crippen LogP contribution < -0.4 is 0 Å². The Labute approximate surface area is 168 Å². The molecule has 3 aromatic carbocycles. The number of rotatable bonds is 5. The standard InChI is InChI=1S/C25H20N2O2/c28-25(29)23(15-21-13-19-7-3-4-8-24(19)26-21)20-11-12-27(16-20)22-10-9-17-5-1-2-6-18(17)14-22/h1-14,16,23,26H,15H2,(H,28,29). The van der Waals surface area contributed by atoms with Gasteiger partial charge in [-0.2, -0.15) is 0 Å². The maximum absolute atomic E-state index is 12.0. The van der Waals surface area contributed by atoms with Crippen LogP contribution in [-0.2, 0) is 11.2 Å². The minimum Gasteiger partial charge on any atom is -0.481 e. The van der Waals surface area contributed by atoms with Crippen molar-refractivity contribution in [2.75, 3.05) is 0 Å². The third-order valence-corrected chi connectivity index (χ3v) is 5.46. The van der Waals surface area contributed by atoms with Gasteiger partial charge in [0, 0.05) is 35.7 Å². The summed E-state index contributed by atoms with van der Waals surface area (Å²) < 4.78 is 1.99. The summed E-state index contributed by atoms with van der Waals surface area (Å²) in [4.78, 5) is 15.4. The Hall–Kier alpha value is -3.79. The molecule has 0 radical (unpaired) electrons. The van der Waals surface area contributed by atoms with Crippen LogP contribution in [0, 0.1) is 0 Å². The number of carbonyl (C=O) groups is 1. The summed E-state index contributed by atoms with van der Waals surface area (Å²) in [5, 5.41) is 13.3. The van der Waals surface area contributed by atoms with Gasteiger partial charge in [0.05, 0.1) is 5.92 Å².